The van der Waals surface area contributed by atoms with Gasteiger partial charge in [-0.1, -0.05) is 5.16 Å². The number of nitrogens with zero attached hydrogens (tertiary/aromatic N) is 4. The average molecular weight is 354 g/mol. The van der Waals surface area contributed by atoms with Gasteiger partial charge in [0.25, 0.3) is 5.91 Å². The fraction of sp³-hybridized carbons (Fsp3) is 0.412. The molecular weight excluding hydrogens is 336 g/mol. The Morgan fingerprint density at radius 1 is 1.38 bits per heavy atom. The van der Waals surface area contributed by atoms with E-state index >= 15 is 0 Å². The number of amides is 1. The Hall–Kier alpha value is -2.94. The number of rotatable bonds is 3. The van der Waals surface area contributed by atoms with Gasteiger partial charge in [-0.25, -0.2) is 9.97 Å². The van der Waals surface area contributed by atoms with E-state index in [9.17, 15) is 9.90 Å². The number of aromatic amines is 1. The molecule has 3 aromatic rings. The molecule has 26 heavy (non-hydrogen) atoms. The van der Waals surface area contributed by atoms with E-state index in [2.05, 4.69) is 30.3 Å². The zero-order valence-corrected chi connectivity index (χ0v) is 14.0. The van der Waals surface area contributed by atoms with Crippen molar-refractivity contribution in [2.75, 3.05) is 11.4 Å². The van der Waals surface area contributed by atoms with Gasteiger partial charge >= 0.3 is 0 Å². The maximum atomic E-state index is 12.5. The molecule has 0 aromatic carbocycles. The minimum atomic E-state index is -0.316. The Morgan fingerprint density at radius 3 is 3.12 bits per heavy atom. The zero-order valence-electron chi connectivity index (χ0n) is 14.0. The number of carbonyl (C=O) groups is 1. The van der Waals surface area contributed by atoms with E-state index in [1.807, 2.05) is 12.3 Å². The van der Waals surface area contributed by atoms with Crippen LogP contribution in [-0.4, -0.2) is 49.8 Å². The van der Waals surface area contributed by atoms with Crippen molar-refractivity contribution in [1.82, 2.24) is 25.4 Å². The molecule has 2 aliphatic rings. The predicted octanol–water partition coefficient (Wildman–Crippen LogP) is 0.762. The van der Waals surface area contributed by atoms with Gasteiger partial charge in [0.1, 0.15) is 23.6 Å². The molecule has 0 spiro atoms. The molecular formula is C17H18N6O3. The van der Waals surface area contributed by atoms with Crippen LogP contribution >= 0.6 is 0 Å². The van der Waals surface area contributed by atoms with Crippen LogP contribution in [0.5, 0.6) is 0 Å². The summed E-state index contributed by atoms with van der Waals surface area (Å²) in [5, 5.41) is 17.2. The second-order valence-corrected chi connectivity index (χ2v) is 6.84. The second kappa shape index (κ2) is 5.80. The molecule has 0 saturated heterocycles. The number of hydrogen-bond donors (Lipinski definition) is 3. The Morgan fingerprint density at radius 2 is 2.27 bits per heavy atom. The van der Waals surface area contributed by atoms with Gasteiger partial charge in [0.05, 0.1) is 18.0 Å². The quantitative estimate of drug-likeness (QED) is 0.635. The molecule has 3 aromatic heterocycles. The smallest absolute Gasteiger partial charge is 0.274 e. The maximum Gasteiger partial charge on any atom is 0.274 e. The summed E-state index contributed by atoms with van der Waals surface area (Å²) in [6.45, 7) is 1.24. The number of H-pyrrole nitrogens is 1. The molecule has 9 nitrogen and oxygen atoms in total. The molecule has 1 saturated carbocycles. The first-order valence-electron chi connectivity index (χ1n) is 8.68. The van der Waals surface area contributed by atoms with Gasteiger partial charge in [-0.15, -0.1) is 0 Å². The second-order valence-electron chi connectivity index (χ2n) is 6.84. The molecule has 0 unspecified atom stereocenters. The van der Waals surface area contributed by atoms with Crippen LogP contribution in [0.15, 0.2) is 23.1 Å². The Balaban J connectivity index is 1.41. The number of aromatic nitrogens is 4. The van der Waals surface area contributed by atoms with E-state index in [0.717, 1.165) is 34.7 Å². The van der Waals surface area contributed by atoms with Gasteiger partial charge in [0.15, 0.2) is 5.69 Å². The average Bonchev–Trinajstić information content (AvgIpc) is 3.26. The van der Waals surface area contributed by atoms with Gasteiger partial charge in [-0.2, -0.15) is 0 Å². The highest BCUT2D eigenvalue weighted by Crippen LogP contribution is 2.29. The van der Waals surface area contributed by atoms with E-state index < -0.39 is 0 Å². The van der Waals surface area contributed by atoms with Crippen LogP contribution in [-0.2, 0) is 13.0 Å². The van der Waals surface area contributed by atoms with Crippen LogP contribution in [0.25, 0.3) is 11.0 Å². The van der Waals surface area contributed by atoms with Gasteiger partial charge in [-0.3, -0.25) is 4.79 Å². The lowest BCUT2D eigenvalue weighted by Gasteiger charge is -2.32. The number of fused-ring (bicyclic) bond motifs is 2. The van der Waals surface area contributed by atoms with E-state index in [-0.39, 0.29) is 18.1 Å². The molecule has 134 valence electrons. The monoisotopic (exact) mass is 354 g/mol. The predicted molar refractivity (Wildman–Crippen MR) is 91.6 cm³/mol. The summed E-state index contributed by atoms with van der Waals surface area (Å²) in [7, 11) is 0. The zero-order chi connectivity index (χ0) is 17.7. The normalized spacial score (nSPS) is 22.1. The van der Waals surface area contributed by atoms with Crippen molar-refractivity contribution in [3.05, 3.63) is 35.6 Å². The van der Waals surface area contributed by atoms with E-state index in [1.165, 1.54) is 6.33 Å². The van der Waals surface area contributed by atoms with Crippen LogP contribution in [0.4, 0.5) is 5.82 Å². The van der Waals surface area contributed by atoms with Crippen molar-refractivity contribution in [2.45, 2.75) is 38.0 Å². The Bertz CT molecular complexity index is 974. The minimum absolute atomic E-state index is 0.00545. The first kappa shape index (κ1) is 15.3. The first-order valence-corrected chi connectivity index (χ1v) is 8.68. The fourth-order valence-electron chi connectivity index (χ4n) is 3.64. The topological polar surface area (TPSA) is 120 Å². The fourth-order valence-corrected chi connectivity index (χ4v) is 3.64. The summed E-state index contributed by atoms with van der Waals surface area (Å²) in [4.78, 5) is 26.4. The molecule has 3 N–H and O–H groups in total. The Labute approximate surface area is 148 Å². The summed E-state index contributed by atoms with van der Waals surface area (Å²) >= 11 is 0. The Kier molecular flexibility index (Phi) is 3.42. The van der Waals surface area contributed by atoms with Crippen LogP contribution < -0.4 is 10.2 Å². The lowest BCUT2D eigenvalue weighted by molar-refractivity contribution is 0.0559. The standard InChI is InChI=1S/C17H18N6O3/c24-10-5-9(6-10)21-17(25)14-12-7-23(4-2-13(12)26-22-14)16-11-1-3-18-15(11)19-8-20-16/h1,3,8-10,24H,2,4-7H2,(H,21,25)(H,18,19,20). The number of carbonyl (C=O) groups excluding carboxylic acids is 1. The summed E-state index contributed by atoms with van der Waals surface area (Å²) in [5.74, 6) is 1.33. The third-order valence-corrected chi connectivity index (χ3v) is 5.12. The van der Waals surface area contributed by atoms with Crippen molar-refractivity contribution < 1.29 is 14.4 Å². The van der Waals surface area contributed by atoms with Crippen LogP contribution in [0, 0.1) is 0 Å². The first-order chi connectivity index (χ1) is 12.7. The molecule has 1 aliphatic heterocycles. The molecule has 5 rings (SSSR count). The SMILES string of the molecule is O=C(NC1CC(O)C1)c1noc2c1CN(c1ncnc3[nH]ccc13)CC2. The van der Waals surface area contributed by atoms with Gasteiger partial charge in [0, 0.05) is 30.8 Å². The maximum absolute atomic E-state index is 12.5. The van der Waals surface area contributed by atoms with Gasteiger partial charge in [0.2, 0.25) is 0 Å². The highest BCUT2D eigenvalue weighted by molar-refractivity contribution is 5.94. The van der Waals surface area contributed by atoms with Gasteiger partial charge < -0.3 is 24.8 Å². The van der Waals surface area contributed by atoms with E-state index in [4.69, 9.17) is 4.52 Å². The van der Waals surface area contributed by atoms with E-state index in [0.29, 0.717) is 31.5 Å². The molecule has 4 heterocycles. The molecule has 1 amide bonds. The number of nitrogens with one attached hydrogen (secondary N) is 2. The van der Waals surface area contributed by atoms with Gasteiger partial charge in [-0.05, 0) is 18.9 Å². The number of anilines is 1. The van der Waals surface area contributed by atoms with Crippen molar-refractivity contribution in [1.29, 1.82) is 0 Å². The van der Waals surface area contributed by atoms with Crippen LogP contribution in [0.1, 0.15) is 34.7 Å². The van der Waals surface area contributed by atoms with Crippen LogP contribution in [0.3, 0.4) is 0 Å². The summed E-state index contributed by atoms with van der Waals surface area (Å²) in [5.41, 5.74) is 1.91. The van der Waals surface area contributed by atoms with Crippen molar-refractivity contribution in [3.8, 4) is 0 Å². The van der Waals surface area contributed by atoms with E-state index in [1.54, 1.807) is 0 Å². The largest absolute Gasteiger partial charge is 0.393 e. The summed E-state index contributed by atoms with van der Waals surface area (Å²) in [6.07, 6.45) is 4.89. The van der Waals surface area contributed by atoms with Crippen LogP contribution in [0.2, 0.25) is 0 Å². The molecule has 0 radical (unpaired) electrons. The summed E-state index contributed by atoms with van der Waals surface area (Å²) < 4.78 is 5.39. The lowest BCUT2D eigenvalue weighted by Crippen LogP contribution is -2.47. The molecule has 9 heteroatoms. The number of hydrogen-bond acceptors (Lipinski definition) is 7. The third-order valence-electron chi connectivity index (χ3n) is 5.12. The van der Waals surface area contributed by atoms with Crippen molar-refractivity contribution in [2.24, 2.45) is 0 Å². The van der Waals surface area contributed by atoms with Crippen molar-refractivity contribution in [3.63, 3.8) is 0 Å². The molecule has 1 aliphatic carbocycles. The summed E-state index contributed by atoms with van der Waals surface area (Å²) in [6, 6.07) is 1.95. The van der Waals surface area contributed by atoms with Crippen molar-refractivity contribution >= 4 is 22.8 Å². The number of aliphatic hydroxyl groups is 1. The minimum Gasteiger partial charge on any atom is -0.393 e. The highest BCUT2D eigenvalue weighted by Gasteiger charge is 2.33. The number of aliphatic hydroxyl groups excluding tert-OH is 1. The molecule has 0 atom stereocenters. The lowest BCUT2D eigenvalue weighted by atomic mass is 9.89. The highest BCUT2D eigenvalue weighted by atomic mass is 16.5. The third kappa shape index (κ3) is 2.43. The molecule has 0 bridgehead atoms. The molecule has 1 fully saturated rings.